The molecule has 2 amide bonds. The van der Waals surface area contributed by atoms with Crippen molar-refractivity contribution in [2.24, 2.45) is 0 Å². The molecule has 0 saturated heterocycles. The number of sulfone groups is 1. The fraction of sp³-hybridized carbons (Fsp3) is 0.462. The summed E-state index contributed by atoms with van der Waals surface area (Å²) in [4.78, 5) is 26.4. The number of hydrogen-bond acceptors (Lipinski definition) is 8. The minimum atomic E-state index is -3.56. The summed E-state index contributed by atoms with van der Waals surface area (Å²) in [6.07, 6.45) is -0.126. The van der Waals surface area contributed by atoms with Crippen molar-refractivity contribution in [2.75, 3.05) is 19.0 Å². The summed E-state index contributed by atoms with van der Waals surface area (Å²) in [5.41, 5.74) is 1.19. The zero-order valence-corrected chi connectivity index (χ0v) is 23.1. The summed E-state index contributed by atoms with van der Waals surface area (Å²) in [5.74, 6) is -0.158. The van der Waals surface area contributed by atoms with E-state index in [4.69, 9.17) is 9.47 Å². The van der Waals surface area contributed by atoms with Crippen LogP contribution in [0.2, 0.25) is 0 Å². The molecule has 0 aliphatic heterocycles. The molecule has 1 aliphatic carbocycles. The summed E-state index contributed by atoms with van der Waals surface area (Å²) in [6.45, 7) is 7.12. The number of carbonyl (C=O) groups excluding carboxylic acids is 2. The van der Waals surface area contributed by atoms with Gasteiger partial charge in [-0.25, -0.2) is 18.0 Å². The maximum atomic E-state index is 13.0. The molecule has 0 spiro atoms. The molecule has 0 unspecified atom stereocenters. The van der Waals surface area contributed by atoms with Crippen LogP contribution in [-0.4, -0.2) is 67.2 Å². The van der Waals surface area contributed by atoms with Crippen molar-refractivity contribution in [1.82, 2.24) is 4.90 Å². The van der Waals surface area contributed by atoms with Gasteiger partial charge in [0.2, 0.25) is 0 Å². The predicted molar refractivity (Wildman–Crippen MR) is 144 cm³/mol. The maximum absolute atomic E-state index is 13.0. The third-order valence-electron chi connectivity index (χ3n) is 5.96. The second-order valence-electron chi connectivity index (χ2n) is 10.6. The van der Waals surface area contributed by atoms with Gasteiger partial charge in [0.05, 0.1) is 23.3 Å². The molecule has 2 aromatic rings. The van der Waals surface area contributed by atoms with Crippen LogP contribution in [0, 0.1) is 0 Å². The van der Waals surface area contributed by atoms with Crippen molar-refractivity contribution in [3.8, 4) is 0 Å². The number of benzene rings is 2. The van der Waals surface area contributed by atoms with E-state index in [0.29, 0.717) is 29.6 Å². The molecule has 206 valence electrons. The SMILES string of the molecule is C[C@@H](COC(=O)Nc1ccc(S(=O)(=O)C2CC2)c(CN(C)C(=O)OC(C)(C)C)c1)c1ccc(B(O)O)cc1. The number of nitrogens with one attached hydrogen (secondary N) is 1. The van der Waals surface area contributed by atoms with E-state index >= 15 is 0 Å². The van der Waals surface area contributed by atoms with Crippen LogP contribution >= 0.6 is 0 Å². The highest BCUT2D eigenvalue weighted by Gasteiger charge is 2.38. The molecule has 1 atom stereocenters. The number of anilines is 1. The molecular weight excluding hydrogens is 511 g/mol. The molecule has 10 nitrogen and oxygen atoms in total. The average Bonchev–Trinajstić information content (AvgIpc) is 3.68. The molecule has 0 heterocycles. The summed E-state index contributed by atoms with van der Waals surface area (Å²) in [7, 11) is -3.60. The minimum absolute atomic E-state index is 0.0314. The van der Waals surface area contributed by atoms with Gasteiger partial charge in [-0.15, -0.1) is 0 Å². The number of amides is 2. The van der Waals surface area contributed by atoms with E-state index in [-0.39, 0.29) is 24.0 Å². The zero-order valence-electron chi connectivity index (χ0n) is 22.3. The van der Waals surface area contributed by atoms with E-state index < -0.39 is 40.0 Å². The molecule has 1 saturated carbocycles. The lowest BCUT2D eigenvalue weighted by Crippen LogP contribution is -2.34. The van der Waals surface area contributed by atoms with Gasteiger partial charge in [-0.2, -0.15) is 0 Å². The van der Waals surface area contributed by atoms with E-state index in [2.05, 4.69) is 5.32 Å². The summed E-state index contributed by atoms with van der Waals surface area (Å²) >= 11 is 0. The van der Waals surface area contributed by atoms with Crippen molar-refractivity contribution in [2.45, 2.75) is 68.7 Å². The van der Waals surface area contributed by atoms with Crippen LogP contribution < -0.4 is 10.8 Å². The molecule has 1 aliphatic rings. The van der Waals surface area contributed by atoms with Crippen LogP contribution in [0.1, 0.15) is 57.6 Å². The van der Waals surface area contributed by atoms with Crippen molar-refractivity contribution < 1.29 is 37.5 Å². The highest BCUT2D eigenvalue weighted by Crippen LogP contribution is 2.36. The van der Waals surface area contributed by atoms with Gasteiger partial charge in [-0.05, 0) is 68.4 Å². The van der Waals surface area contributed by atoms with Crippen LogP contribution in [0.5, 0.6) is 0 Å². The van der Waals surface area contributed by atoms with Crippen LogP contribution in [0.25, 0.3) is 0 Å². The quantitative estimate of drug-likeness (QED) is 0.408. The van der Waals surface area contributed by atoms with Gasteiger partial charge < -0.3 is 24.4 Å². The lowest BCUT2D eigenvalue weighted by atomic mass is 9.79. The molecule has 1 fully saturated rings. The Balaban J connectivity index is 1.70. The fourth-order valence-electron chi connectivity index (χ4n) is 3.72. The molecule has 12 heteroatoms. The Morgan fingerprint density at radius 3 is 2.32 bits per heavy atom. The van der Waals surface area contributed by atoms with E-state index in [1.165, 1.54) is 30.1 Å². The Hall–Kier alpha value is -3.09. The monoisotopic (exact) mass is 546 g/mol. The lowest BCUT2D eigenvalue weighted by molar-refractivity contribution is 0.0283. The smallest absolute Gasteiger partial charge is 0.449 e. The van der Waals surface area contributed by atoms with Crippen molar-refractivity contribution >= 4 is 40.3 Å². The molecule has 0 radical (unpaired) electrons. The van der Waals surface area contributed by atoms with Crippen molar-refractivity contribution in [3.05, 3.63) is 53.6 Å². The molecule has 3 rings (SSSR count). The van der Waals surface area contributed by atoms with Gasteiger partial charge in [-0.1, -0.05) is 31.2 Å². The van der Waals surface area contributed by atoms with E-state index in [0.717, 1.165) is 5.56 Å². The summed E-state index contributed by atoms with van der Waals surface area (Å²) in [6, 6.07) is 11.1. The van der Waals surface area contributed by atoms with E-state index in [9.17, 15) is 28.1 Å². The number of rotatable bonds is 9. The first-order chi connectivity index (χ1) is 17.7. The van der Waals surface area contributed by atoms with Gasteiger partial charge >= 0.3 is 19.3 Å². The zero-order chi connectivity index (χ0) is 28.3. The number of hydrogen-bond donors (Lipinski definition) is 3. The molecule has 0 aromatic heterocycles. The van der Waals surface area contributed by atoms with E-state index in [1.54, 1.807) is 45.0 Å². The van der Waals surface area contributed by atoms with Gasteiger partial charge in [0.25, 0.3) is 0 Å². The lowest BCUT2D eigenvalue weighted by Gasteiger charge is -2.25. The van der Waals surface area contributed by atoms with Gasteiger partial charge in [0, 0.05) is 18.7 Å². The standard InChI is InChI=1S/C26H35BN2O8S/c1-17(18-6-8-20(9-7-18)27(32)33)16-36-24(30)28-21-10-13-23(38(34,35)22-11-12-22)19(14-21)15-29(5)25(31)37-26(2,3)4/h6-10,13-14,17,22,32-33H,11-12,15-16H2,1-5H3,(H,28,30)/t17-/m0/s1. The van der Waals surface area contributed by atoms with E-state index in [1.807, 2.05) is 6.92 Å². The highest BCUT2D eigenvalue weighted by atomic mass is 32.2. The van der Waals surface area contributed by atoms with Gasteiger partial charge in [0.1, 0.15) is 5.60 Å². The fourth-order valence-corrected chi connectivity index (χ4v) is 5.59. The van der Waals surface area contributed by atoms with Crippen molar-refractivity contribution in [1.29, 1.82) is 0 Å². The van der Waals surface area contributed by atoms with Crippen LogP contribution in [0.15, 0.2) is 47.4 Å². The molecule has 3 N–H and O–H groups in total. The third-order valence-corrected chi connectivity index (χ3v) is 8.32. The summed E-state index contributed by atoms with van der Waals surface area (Å²) < 4.78 is 36.8. The number of ether oxygens (including phenoxy) is 2. The average molecular weight is 546 g/mol. The van der Waals surface area contributed by atoms with Crippen LogP contribution in [-0.2, 0) is 25.9 Å². The Kier molecular flexibility index (Phi) is 9.11. The first kappa shape index (κ1) is 29.5. The normalized spacial score (nSPS) is 14.4. The first-order valence-electron chi connectivity index (χ1n) is 12.4. The Labute approximate surface area is 224 Å². The highest BCUT2D eigenvalue weighted by molar-refractivity contribution is 7.92. The molecular formula is C26H35BN2O8S. The Morgan fingerprint density at radius 2 is 1.76 bits per heavy atom. The Bertz CT molecular complexity index is 1250. The minimum Gasteiger partial charge on any atom is -0.449 e. The second kappa shape index (κ2) is 11.8. The maximum Gasteiger partial charge on any atom is 0.488 e. The topological polar surface area (TPSA) is 142 Å². The van der Waals surface area contributed by atoms with Crippen LogP contribution in [0.4, 0.5) is 15.3 Å². The van der Waals surface area contributed by atoms with Crippen molar-refractivity contribution in [3.63, 3.8) is 0 Å². The molecule has 0 bridgehead atoms. The Morgan fingerprint density at radius 1 is 1.13 bits per heavy atom. The number of carbonyl (C=O) groups is 2. The second-order valence-corrected chi connectivity index (χ2v) is 12.8. The van der Waals surface area contributed by atoms with Crippen LogP contribution in [0.3, 0.4) is 0 Å². The largest absolute Gasteiger partial charge is 0.488 e. The molecule has 2 aromatic carbocycles. The number of nitrogens with zero attached hydrogens (tertiary/aromatic N) is 1. The first-order valence-corrected chi connectivity index (χ1v) is 13.9. The summed E-state index contributed by atoms with van der Waals surface area (Å²) in [5, 5.41) is 20.6. The predicted octanol–water partition coefficient (Wildman–Crippen LogP) is 3.02. The van der Waals surface area contributed by atoms with Gasteiger partial charge in [0.15, 0.2) is 9.84 Å². The molecule has 38 heavy (non-hydrogen) atoms. The van der Waals surface area contributed by atoms with Gasteiger partial charge in [-0.3, -0.25) is 5.32 Å². The third kappa shape index (κ3) is 7.96.